The summed E-state index contributed by atoms with van der Waals surface area (Å²) in [6.45, 7) is 3.65. The van der Waals surface area contributed by atoms with Gasteiger partial charge in [-0.1, -0.05) is 12.1 Å². The summed E-state index contributed by atoms with van der Waals surface area (Å²) in [7, 11) is 0. The number of guanidine groups is 1. The molecule has 1 aromatic carbocycles. The van der Waals surface area contributed by atoms with E-state index >= 15 is 0 Å². The van der Waals surface area contributed by atoms with Crippen LogP contribution in [0.5, 0.6) is 0 Å². The molecule has 26 heavy (non-hydrogen) atoms. The van der Waals surface area contributed by atoms with Crippen molar-refractivity contribution in [2.45, 2.75) is 38.5 Å². The minimum Gasteiger partial charge on any atom is -0.386 e. The van der Waals surface area contributed by atoms with Crippen molar-refractivity contribution in [1.29, 1.82) is 0 Å². The first-order valence-corrected chi connectivity index (χ1v) is 8.50. The molecule has 2 atom stereocenters. The van der Waals surface area contributed by atoms with Crippen LogP contribution in [0.4, 0.5) is 4.39 Å². The van der Waals surface area contributed by atoms with Crippen LogP contribution in [0.1, 0.15) is 30.8 Å². The first-order chi connectivity index (χ1) is 12.2. The Labute approximate surface area is 169 Å². The average Bonchev–Trinajstić information content (AvgIpc) is 3.08. The van der Waals surface area contributed by atoms with E-state index in [0.29, 0.717) is 11.5 Å². The van der Waals surface area contributed by atoms with Crippen LogP contribution in [0.2, 0.25) is 0 Å². The molecule has 9 heteroatoms. The fourth-order valence-electron chi connectivity index (χ4n) is 2.84. The van der Waals surface area contributed by atoms with Gasteiger partial charge in [-0.2, -0.15) is 5.10 Å². The summed E-state index contributed by atoms with van der Waals surface area (Å²) in [5.74, 6) is 1.34. The molecule has 142 valence electrons. The van der Waals surface area contributed by atoms with Gasteiger partial charge in [-0.15, -0.1) is 24.0 Å². The van der Waals surface area contributed by atoms with Gasteiger partial charge in [0.2, 0.25) is 0 Å². The second-order valence-corrected chi connectivity index (χ2v) is 6.03. The third-order valence-electron chi connectivity index (χ3n) is 4.17. The minimum atomic E-state index is -0.774. The van der Waals surface area contributed by atoms with Gasteiger partial charge in [-0.25, -0.2) is 14.1 Å². The first-order valence-electron chi connectivity index (χ1n) is 8.50. The van der Waals surface area contributed by atoms with Gasteiger partial charge in [0.15, 0.2) is 5.96 Å². The summed E-state index contributed by atoms with van der Waals surface area (Å²) in [6, 6.07) is 6.02. The molecule has 1 aliphatic heterocycles. The molecule has 0 saturated carbocycles. The number of halogens is 2. The van der Waals surface area contributed by atoms with Gasteiger partial charge in [-0.3, -0.25) is 4.99 Å². The Balaban J connectivity index is 0.00000243. The Morgan fingerprint density at radius 1 is 1.42 bits per heavy atom. The highest BCUT2D eigenvalue weighted by molar-refractivity contribution is 14.0. The zero-order chi connectivity index (χ0) is 17.6. The lowest BCUT2D eigenvalue weighted by atomic mass is 10.1. The van der Waals surface area contributed by atoms with Crippen molar-refractivity contribution in [1.82, 2.24) is 25.4 Å². The Morgan fingerprint density at radius 2 is 2.19 bits per heavy atom. The van der Waals surface area contributed by atoms with Crippen LogP contribution in [-0.2, 0) is 13.0 Å². The number of hydrogen-bond donors (Lipinski definition) is 3. The van der Waals surface area contributed by atoms with Crippen LogP contribution < -0.4 is 10.6 Å². The summed E-state index contributed by atoms with van der Waals surface area (Å²) in [5, 5.41) is 21.0. The van der Waals surface area contributed by atoms with Gasteiger partial charge in [0, 0.05) is 19.0 Å². The second-order valence-electron chi connectivity index (χ2n) is 6.03. The van der Waals surface area contributed by atoms with Crippen LogP contribution >= 0.6 is 24.0 Å². The monoisotopic (exact) mass is 474 g/mol. The normalized spacial score (nSPS) is 17.8. The molecule has 3 rings (SSSR count). The van der Waals surface area contributed by atoms with Crippen molar-refractivity contribution >= 4 is 29.9 Å². The topological polar surface area (TPSA) is 87.4 Å². The van der Waals surface area contributed by atoms with Gasteiger partial charge < -0.3 is 15.7 Å². The maximum Gasteiger partial charge on any atom is 0.191 e. The van der Waals surface area contributed by atoms with Crippen LogP contribution in [0.3, 0.4) is 0 Å². The fraction of sp³-hybridized carbons (Fsp3) is 0.471. The number of nitrogens with one attached hydrogen (secondary N) is 2. The highest BCUT2D eigenvalue weighted by Crippen LogP contribution is 2.14. The van der Waals surface area contributed by atoms with E-state index < -0.39 is 6.10 Å². The molecular weight excluding hydrogens is 450 g/mol. The first kappa shape index (κ1) is 20.6. The van der Waals surface area contributed by atoms with Gasteiger partial charge >= 0.3 is 0 Å². The van der Waals surface area contributed by atoms with Crippen LogP contribution in [0, 0.1) is 5.82 Å². The van der Waals surface area contributed by atoms with Crippen molar-refractivity contribution < 1.29 is 9.50 Å². The molecule has 0 saturated heterocycles. The lowest BCUT2D eigenvalue weighted by Gasteiger charge is -2.25. The third kappa shape index (κ3) is 5.37. The summed E-state index contributed by atoms with van der Waals surface area (Å²) in [6.07, 6.45) is 2.62. The molecule has 0 amide bonds. The van der Waals surface area contributed by atoms with Crippen molar-refractivity contribution in [3.63, 3.8) is 0 Å². The number of aliphatic imine (C=N–C) groups is 1. The van der Waals surface area contributed by atoms with E-state index in [2.05, 4.69) is 25.7 Å². The molecular formula is C17H24FIN6O. The standard InChI is InChI=1S/C17H23FN6O.HI/c1-2-19-17(20-9-15(25)12-3-5-13(18)6-4-12)23-14-7-8-16-21-11-22-24(16)10-14;/h3-6,11,14-15,25H,2,7-10H2,1H3,(H2,19,20,23);1H. The molecule has 2 aromatic rings. The zero-order valence-corrected chi connectivity index (χ0v) is 16.9. The molecule has 2 unspecified atom stereocenters. The SMILES string of the molecule is CCNC(=NCC(O)c1ccc(F)cc1)NC1CCc2ncnn2C1.I. The van der Waals surface area contributed by atoms with Crippen LogP contribution in [-0.4, -0.2) is 45.0 Å². The van der Waals surface area contributed by atoms with E-state index in [1.807, 2.05) is 11.6 Å². The molecule has 0 radical (unpaired) electrons. The largest absolute Gasteiger partial charge is 0.386 e. The quantitative estimate of drug-likeness (QED) is 0.349. The van der Waals surface area contributed by atoms with Crippen LogP contribution in [0.15, 0.2) is 35.6 Å². The Bertz CT molecular complexity index is 720. The van der Waals surface area contributed by atoms with Crippen molar-refractivity contribution in [2.24, 2.45) is 4.99 Å². The average molecular weight is 474 g/mol. The van der Waals surface area contributed by atoms with E-state index in [9.17, 15) is 9.50 Å². The van der Waals surface area contributed by atoms with E-state index in [4.69, 9.17) is 0 Å². The van der Waals surface area contributed by atoms with Crippen molar-refractivity contribution in [3.8, 4) is 0 Å². The maximum atomic E-state index is 13.0. The number of hydrogen-bond acceptors (Lipinski definition) is 4. The Hall–Kier alpha value is -1.75. The number of aliphatic hydroxyl groups excluding tert-OH is 1. The summed E-state index contributed by atoms with van der Waals surface area (Å²) < 4.78 is 14.9. The molecule has 0 bridgehead atoms. The van der Waals surface area contributed by atoms with Gasteiger partial charge in [-0.05, 0) is 31.0 Å². The van der Waals surface area contributed by atoms with E-state index in [1.54, 1.807) is 18.5 Å². The number of aromatic nitrogens is 3. The predicted molar refractivity (Wildman–Crippen MR) is 108 cm³/mol. The highest BCUT2D eigenvalue weighted by atomic mass is 127. The van der Waals surface area contributed by atoms with Gasteiger partial charge in [0.05, 0.1) is 19.2 Å². The number of aliphatic hydroxyl groups is 1. The zero-order valence-electron chi connectivity index (χ0n) is 14.6. The number of aryl methyl sites for hydroxylation is 1. The number of benzene rings is 1. The lowest BCUT2D eigenvalue weighted by molar-refractivity contribution is 0.187. The number of rotatable bonds is 5. The molecule has 7 nitrogen and oxygen atoms in total. The van der Waals surface area contributed by atoms with Crippen LogP contribution in [0.25, 0.3) is 0 Å². The molecule has 3 N–H and O–H groups in total. The van der Waals surface area contributed by atoms with Gasteiger partial charge in [0.25, 0.3) is 0 Å². The van der Waals surface area contributed by atoms with E-state index in [1.165, 1.54) is 12.1 Å². The summed E-state index contributed by atoms with van der Waals surface area (Å²) in [4.78, 5) is 8.68. The third-order valence-corrected chi connectivity index (χ3v) is 4.17. The Morgan fingerprint density at radius 3 is 2.92 bits per heavy atom. The predicted octanol–water partition coefficient (Wildman–Crippen LogP) is 1.64. The maximum absolute atomic E-state index is 13.0. The summed E-state index contributed by atoms with van der Waals surface area (Å²) >= 11 is 0. The minimum absolute atomic E-state index is 0. The Kier molecular flexibility index (Phi) is 7.76. The van der Waals surface area contributed by atoms with Crippen molar-refractivity contribution in [3.05, 3.63) is 47.8 Å². The number of nitrogens with zero attached hydrogens (tertiary/aromatic N) is 4. The molecule has 2 heterocycles. The number of fused-ring (bicyclic) bond motifs is 1. The molecule has 0 aliphatic carbocycles. The van der Waals surface area contributed by atoms with Crippen molar-refractivity contribution in [2.75, 3.05) is 13.1 Å². The lowest BCUT2D eigenvalue weighted by Crippen LogP contribution is -2.47. The molecule has 1 aliphatic rings. The van der Waals surface area contributed by atoms with E-state index in [0.717, 1.165) is 31.8 Å². The van der Waals surface area contributed by atoms with E-state index in [-0.39, 0.29) is 42.4 Å². The molecule has 1 aromatic heterocycles. The molecule has 0 spiro atoms. The smallest absolute Gasteiger partial charge is 0.191 e. The summed E-state index contributed by atoms with van der Waals surface area (Å²) in [5.41, 5.74) is 0.644. The molecule has 0 fully saturated rings. The fourth-order valence-corrected chi connectivity index (χ4v) is 2.84. The van der Waals surface area contributed by atoms with Gasteiger partial charge in [0.1, 0.15) is 18.0 Å². The second kappa shape index (κ2) is 9.81. The highest BCUT2D eigenvalue weighted by Gasteiger charge is 2.20.